The average molecular weight is 242 g/mol. The van der Waals surface area contributed by atoms with Crippen molar-refractivity contribution in [2.24, 2.45) is 11.7 Å². The van der Waals surface area contributed by atoms with E-state index in [9.17, 15) is 0 Å². The third-order valence-corrected chi connectivity index (χ3v) is 3.47. The lowest BCUT2D eigenvalue weighted by molar-refractivity contribution is 0.604. The van der Waals surface area contributed by atoms with Crippen LogP contribution < -0.4 is 5.73 Å². The Morgan fingerprint density at radius 2 is 2.00 bits per heavy atom. The molecule has 2 aromatic rings. The highest BCUT2D eigenvalue weighted by atomic mass is 15.4. The van der Waals surface area contributed by atoms with Gasteiger partial charge in [-0.05, 0) is 30.7 Å². The zero-order chi connectivity index (χ0) is 12.4. The summed E-state index contributed by atoms with van der Waals surface area (Å²) in [5, 5.41) is 8.45. The summed E-state index contributed by atoms with van der Waals surface area (Å²) in [5.41, 5.74) is 9.17. The Hall–Kier alpha value is -1.68. The summed E-state index contributed by atoms with van der Waals surface area (Å²) in [4.78, 5) is 0. The molecule has 1 aromatic carbocycles. The standard InChI is InChI=1S/C14H18N4/c15-9-13-14(8-11-6-7-11)18(17-16-13)10-12-4-2-1-3-5-12/h1-5,11H,6-10,15H2. The van der Waals surface area contributed by atoms with Gasteiger partial charge in [0.1, 0.15) is 0 Å². The minimum atomic E-state index is 0.483. The Labute approximate surface area is 107 Å². The zero-order valence-electron chi connectivity index (χ0n) is 10.4. The van der Waals surface area contributed by atoms with E-state index < -0.39 is 0 Å². The van der Waals surface area contributed by atoms with Crippen molar-refractivity contribution in [3.05, 3.63) is 47.3 Å². The molecule has 18 heavy (non-hydrogen) atoms. The average Bonchev–Trinajstić information content (AvgIpc) is 3.14. The Bertz CT molecular complexity index is 514. The number of nitrogens with two attached hydrogens (primary N) is 1. The molecule has 2 N–H and O–H groups in total. The Morgan fingerprint density at radius 3 is 2.67 bits per heavy atom. The monoisotopic (exact) mass is 242 g/mol. The number of rotatable bonds is 5. The molecule has 4 heteroatoms. The fourth-order valence-electron chi connectivity index (χ4n) is 2.23. The topological polar surface area (TPSA) is 56.7 Å². The van der Waals surface area contributed by atoms with Crippen molar-refractivity contribution in [1.82, 2.24) is 15.0 Å². The molecule has 94 valence electrons. The molecule has 3 rings (SSSR count). The van der Waals surface area contributed by atoms with Gasteiger partial charge in [-0.25, -0.2) is 4.68 Å². The number of hydrogen-bond acceptors (Lipinski definition) is 3. The lowest BCUT2D eigenvalue weighted by Gasteiger charge is -2.07. The van der Waals surface area contributed by atoms with Gasteiger partial charge in [-0.2, -0.15) is 0 Å². The van der Waals surface area contributed by atoms with Crippen molar-refractivity contribution >= 4 is 0 Å². The van der Waals surface area contributed by atoms with Gasteiger partial charge in [-0.15, -0.1) is 5.10 Å². The fourth-order valence-corrected chi connectivity index (χ4v) is 2.23. The van der Waals surface area contributed by atoms with Gasteiger partial charge in [0.05, 0.1) is 17.9 Å². The van der Waals surface area contributed by atoms with E-state index in [0.29, 0.717) is 6.54 Å². The highest BCUT2D eigenvalue weighted by Crippen LogP contribution is 2.33. The maximum atomic E-state index is 5.74. The molecular formula is C14H18N4. The number of nitrogens with zero attached hydrogens (tertiary/aromatic N) is 3. The van der Waals surface area contributed by atoms with Crippen molar-refractivity contribution in [2.75, 3.05) is 0 Å². The van der Waals surface area contributed by atoms with Crippen molar-refractivity contribution in [2.45, 2.75) is 32.4 Å². The van der Waals surface area contributed by atoms with E-state index in [4.69, 9.17) is 5.73 Å². The van der Waals surface area contributed by atoms with Crippen LogP contribution in [0.4, 0.5) is 0 Å². The molecule has 1 aliphatic carbocycles. The smallest absolute Gasteiger partial charge is 0.0994 e. The van der Waals surface area contributed by atoms with Gasteiger partial charge in [-0.3, -0.25) is 0 Å². The highest BCUT2D eigenvalue weighted by Gasteiger charge is 2.25. The van der Waals surface area contributed by atoms with E-state index in [1.54, 1.807) is 0 Å². The zero-order valence-corrected chi connectivity index (χ0v) is 10.4. The predicted octanol–water partition coefficient (Wildman–Crippen LogP) is 1.74. The van der Waals surface area contributed by atoms with Crippen LogP contribution in [0.1, 0.15) is 29.8 Å². The van der Waals surface area contributed by atoms with E-state index in [0.717, 1.165) is 24.6 Å². The van der Waals surface area contributed by atoms with Gasteiger partial charge in [0.15, 0.2) is 0 Å². The van der Waals surface area contributed by atoms with Crippen molar-refractivity contribution in [3.63, 3.8) is 0 Å². The molecule has 0 atom stereocenters. The van der Waals surface area contributed by atoms with Crippen LogP contribution in [-0.4, -0.2) is 15.0 Å². The molecule has 0 aliphatic heterocycles. The fraction of sp³-hybridized carbons (Fsp3) is 0.429. The second-order valence-corrected chi connectivity index (χ2v) is 4.98. The van der Waals surface area contributed by atoms with Crippen LogP contribution in [0, 0.1) is 5.92 Å². The first-order valence-electron chi connectivity index (χ1n) is 6.52. The summed E-state index contributed by atoms with van der Waals surface area (Å²) >= 11 is 0. The molecule has 0 unspecified atom stereocenters. The van der Waals surface area contributed by atoms with Crippen molar-refractivity contribution in [3.8, 4) is 0 Å². The summed E-state index contributed by atoms with van der Waals surface area (Å²) in [6.07, 6.45) is 3.74. The van der Waals surface area contributed by atoms with Crippen LogP contribution in [0.15, 0.2) is 30.3 Å². The first kappa shape index (κ1) is 11.4. The second kappa shape index (κ2) is 4.90. The van der Waals surface area contributed by atoms with Gasteiger partial charge in [0, 0.05) is 6.54 Å². The van der Waals surface area contributed by atoms with Gasteiger partial charge < -0.3 is 5.73 Å². The molecule has 1 saturated carbocycles. The lowest BCUT2D eigenvalue weighted by atomic mass is 10.1. The summed E-state index contributed by atoms with van der Waals surface area (Å²) in [6, 6.07) is 10.4. The third kappa shape index (κ3) is 2.43. The Kier molecular flexibility index (Phi) is 3.11. The molecule has 0 spiro atoms. The van der Waals surface area contributed by atoms with Crippen molar-refractivity contribution < 1.29 is 0 Å². The maximum absolute atomic E-state index is 5.74. The van der Waals surface area contributed by atoms with E-state index in [2.05, 4.69) is 34.6 Å². The second-order valence-electron chi connectivity index (χ2n) is 4.98. The van der Waals surface area contributed by atoms with Gasteiger partial charge in [0.2, 0.25) is 0 Å². The number of benzene rings is 1. The molecule has 1 aromatic heterocycles. The molecule has 4 nitrogen and oxygen atoms in total. The first-order chi connectivity index (χ1) is 8.86. The molecular weight excluding hydrogens is 224 g/mol. The molecule has 1 heterocycles. The normalized spacial score (nSPS) is 14.9. The van der Waals surface area contributed by atoms with Crippen LogP contribution in [0.3, 0.4) is 0 Å². The Morgan fingerprint density at radius 1 is 1.22 bits per heavy atom. The van der Waals surface area contributed by atoms with Crippen molar-refractivity contribution in [1.29, 1.82) is 0 Å². The molecule has 0 amide bonds. The number of aromatic nitrogens is 3. The van der Waals surface area contributed by atoms with Crippen LogP contribution in [0.2, 0.25) is 0 Å². The SMILES string of the molecule is NCc1nnn(Cc2ccccc2)c1CC1CC1. The quantitative estimate of drug-likeness (QED) is 0.868. The van der Waals surface area contributed by atoms with Gasteiger partial charge in [-0.1, -0.05) is 35.5 Å². The Balaban J connectivity index is 1.84. The van der Waals surface area contributed by atoms with Gasteiger partial charge in [0.25, 0.3) is 0 Å². The van der Waals surface area contributed by atoms with Crippen LogP contribution >= 0.6 is 0 Å². The maximum Gasteiger partial charge on any atom is 0.0994 e. The van der Waals surface area contributed by atoms with E-state index in [-0.39, 0.29) is 0 Å². The third-order valence-electron chi connectivity index (χ3n) is 3.47. The molecule has 1 fully saturated rings. The van der Waals surface area contributed by atoms with E-state index in [1.807, 2.05) is 10.7 Å². The molecule has 0 radical (unpaired) electrons. The van der Waals surface area contributed by atoms with E-state index >= 15 is 0 Å². The van der Waals surface area contributed by atoms with Crippen LogP contribution in [0.25, 0.3) is 0 Å². The van der Waals surface area contributed by atoms with Crippen LogP contribution in [-0.2, 0) is 19.5 Å². The summed E-state index contributed by atoms with van der Waals surface area (Å²) in [5.74, 6) is 0.823. The molecule has 0 bridgehead atoms. The largest absolute Gasteiger partial charge is 0.325 e. The lowest BCUT2D eigenvalue weighted by Crippen LogP contribution is -2.09. The summed E-state index contributed by atoms with van der Waals surface area (Å²) in [6.45, 7) is 1.27. The summed E-state index contributed by atoms with van der Waals surface area (Å²) in [7, 11) is 0. The van der Waals surface area contributed by atoms with E-state index in [1.165, 1.54) is 24.1 Å². The molecule has 0 saturated heterocycles. The number of hydrogen-bond donors (Lipinski definition) is 1. The van der Waals surface area contributed by atoms with Crippen LogP contribution in [0.5, 0.6) is 0 Å². The van der Waals surface area contributed by atoms with Gasteiger partial charge >= 0.3 is 0 Å². The first-order valence-corrected chi connectivity index (χ1v) is 6.52. The predicted molar refractivity (Wildman–Crippen MR) is 69.9 cm³/mol. The highest BCUT2D eigenvalue weighted by molar-refractivity contribution is 5.18. The molecule has 1 aliphatic rings. The summed E-state index contributed by atoms with van der Waals surface area (Å²) < 4.78 is 2.01. The minimum Gasteiger partial charge on any atom is -0.325 e. The minimum absolute atomic E-state index is 0.483.